The SMILES string of the molecule is CCn1cc(C(=O)O)c(=O)c2cc(CCCOCCOCCCO[C@H]3[C@H](C)O[C@@H](O)C[C@@]3(C)OC)ccc21. The molecule has 0 bridgehead atoms. The summed E-state index contributed by atoms with van der Waals surface area (Å²) >= 11 is 0. The fourth-order valence-electron chi connectivity index (χ4n) is 4.92. The fourth-order valence-corrected chi connectivity index (χ4v) is 4.92. The lowest BCUT2D eigenvalue weighted by Gasteiger charge is -2.45. The zero-order chi connectivity index (χ0) is 27.7. The predicted octanol–water partition coefficient (Wildman–Crippen LogP) is 2.99. The summed E-state index contributed by atoms with van der Waals surface area (Å²) in [5, 5.41) is 19.6. The van der Waals surface area contributed by atoms with Crippen molar-refractivity contribution < 1.29 is 38.7 Å². The van der Waals surface area contributed by atoms with Gasteiger partial charge in [0.1, 0.15) is 11.7 Å². The minimum absolute atomic E-state index is 0.211. The minimum atomic E-state index is -1.21. The second kappa shape index (κ2) is 14.2. The van der Waals surface area contributed by atoms with Gasteiger partial charge in [0.05, 0.1) is 30.4 Å². The number of aryl methyl sites for hydroxylation is 2. The van der Waals surface area contributed by atoms with Gasteiger partial charge in [0.25, 0.3) is 0 Å². The molecule has 0 unspecified atom stereocenters. The van der Waals surface area contributed by atoms with Crippen molar-refractivity contribution in [2.45, 2.75) is 77.1 Å². The number of hydrogen-bond acceptors (Lipinski definition) is 8. The van der Waals surface area contributed by atoms with Crippen LogP contribution in [-0.4, -0.2) is 85.0 Å². The molecule has 3 rings (SSSR count). The Labute approximate surface area is 223 Å². The number of benzene rings is 1. The number of carboxylic acids is 1. The summed E-state index contributed by atoms with van der Waals surface area (Å²) in [6.07, 6.45) is 2.58. The molecule has 4 atom stereocenters. The van der Waals surface area contributed by atoms with Gasteiger partial charge in [-0.1, -0.05) is 6.07 Å². The van der Waals surface area contributed by atoms with E-state index in [1.807, 2.05) is 32.9 Å². The molecule has 2 N–H and O–H groups in total. The van der Waals surface area contributed by atoms with Crippen LogP contribution in [0.25, 0.3) is 10.9 Å². The molecule has 0 saturated carbocycles. The number of carbonyl (C=O) groups is 1. The highest BCUT2D eigenvalue weighted by Gasteiger charge is 2.46. The molecule has 0 spiro atoms. The highest BCUT2D eigenvalue weighted by Crippen LogP contribution is 2.33. The van der Waals surface area contributed by atoms with Crippen LogP contribution in [0.5, 0.6) is 0 Å². The van der Waals surface area contributed by atoms with E-state index >= 15 is 0 Å². The summed E-state index contributed by atoms with van der Waals surface area (Å²) in [4.78, 5) is 24.1. The maximum Gasteiger partial charge on any atom is 0.341 e. The van der Waals surface area contributed by atoms with E-state index in [0.29, 0.717) is 51.4 Å². The monoisotopic (exact) mass is 535 g/mol. The molecule has 1 aliphatic heterocycles. The van der Waals surface area contributed by atoms with Crippen LogP contribution in [0, 0.1) is 0 Å². The molecule has 10 heteroatoms. The molecular weight excluding hydrogens is 494 g/mol. The summed E-state index contributed by atoms with van der Waals surface area (Å²) in [5.41, 5.74) is 0.437. The number of carboxylic acid groups (broad SMARTS) is 1. The molecule has 38 heavy (non-hydrogen) atoms. The molecule has 2 aromatic rings. The highest BCUT2D eigenvalue weighted by molar-refractivity contribution is 5.92. The standard InChI is InChI=1S/C28H41NO9/c1-5-29-18-22(27(32)33)25(31)21-16-20(9-10-23(21)29)8-6-11-35-14-15-36-12-7-13-37-26-19(2)38-24(30)17-28(26,3)34-4/h9-10,16,18-19,24,26,30H,5-8,11-15,17H2,1-4H3,(H,32,33)/t19-,24+,26-,28+/m0/s1. The Morgan fingerprint density at radius 1 is 1.16 bits per heavy atom. The number of aromatic nitrogens is 1. The molecule has 212 valence electrons. The molecular formula is C28H41NO9. The molecule has 1 saturated heterocycles. The van der Waals surface area contributed by atoms with Crippen molar-refractivity contribution in [3.8, 4) is 0 Å². The van der Waals surface area contributed by atoms with Gasteiger partial charge in [-0.25, -0.2) is 4.79 Å². The lowest BCUT2D eigenvalue weighted by atomic mass is 9.88. The van der Waals surface area contributed by atoms with Crippen molar-refractivity contribution >= 4 is 16.9 Å². The number of methoxy groups -OCH3 is 1. The van der Waals surface area contributed by atoms with Crippen molar-refractivity contribution in [3.05, 3.63) is 45.7 Å². The van der Waals surface area contributed by atoms with Crippen LogP contribution in [0.15, 0.2) is 29.2 Å². The summed E-state index contributed by atoms with van der Waals surface area (Å²) in [7, 11) is 1.62. The number of fused-ring (bicyclic) bond motifs is 1. The topological polar surface area (TPSA) is 126 Å². The third-order valence-corrected chi connectivity index (χ3v) is 7.02. The molecule has 0 radical (unpaired) electrons. The Bertz CT molecular complexity index is 1120. The number of ether oxygens (including phenoxy) is 5. The number of rotatable bonds is 15. The largest absolute Gasteiger partial charge is 0.477 e. The van der Waals surface area contributed by atoms with E-state index in [0.717, 1.165) is 30.3 Å². The van der Waals surface area contributed by atoms with Crippen LogP contribution in [0.4, 0.5) is 0 Å². The molecule has 2 heterocycles. The van der Waals surface area contributed by atoms with E-state index in [1.165, 1.54) is 6.20 Å². The zero-order valence-corrected chi connectivity index (χ0v) is 22.8. The normalized spacial score (nSPS) is 23.7. The van der Waals surface area contributed by atoms with Gasteiger partial charge in [0, 0.05) is 51.5 Å². The smallest absolute Gasteiger partial charge is 0.341 e. The van der Waals surface area contributed by atoms with Crippen LogP contribution >= 0.6 is 0 Å². The van der Waals surface area contributed by atoms with E-state index in [4.69, 9.17) is 23.7 Å². The first-order valence-electron chi connectivity index (χ1n) is 13.2. The van der Waals surface area contributed by atoms with Gasteiger partial charge >= 0.3 is 5.97 Å². The van der Waals surface area contributed by atoms with Gasteiger partial charge in [-0.15, -0.1) is 0 Å². The summed E-state index contributed by atoms with van der Waals surface area (Å²) in [6.45, 7) is 8.84. The summed E-state index contributed by atoms with van der Waals surface area (Å²) in [6, 6.07) is 5.64. The maximum absolute atomic E-state index is 12.6. The average molecular weight is 536 g/mol. The lowest BCUT2D eigenvalue weighted by Crippen LogP contribution is -2.57. The van der Waals surface area contributed by atoms with E-state index in [9.17, 15) is 19.8 Å². The van der Waals surface area contributed by atoms with Crippen LogP contribution in [0.2, 0.25) is 0 Å². The van der Waals surface area contributed by atoms with Crippen LogP contribution in [0.3, 0.4) is 0 Å². The number of nitrogens with zero attached hydrogens (tertiary/aromatic N) is 1. The second-order valence-corrected chi connectivity index (χ2v) is 9.80. The zero-order valence-electron chi connectivity index (χ0n) is 22.8. The molecule has 1 fully saturated rings. The second-order valence-electron chi connectivity index (χ2n) is 9.80. The van der Waals surface area contributed by atoms with Gasteiger partial charge in [0.15, 0.2) is 6.29 Å². The Hall–Kier alpha value is -2.34. The van der Waals surface area contributed by atoms with Gasteiger partial charge in [-0.2, -0.15) is 0 Å². The Balaban J connectivity index is 1.32. The lowest BCUT2D eigenvalue weighted by molar-refractivity contribution is -0.274. The summed E-state index contributed by atoms with van der Waals surface area (Å²) in [5.74, 6) is -1.21. The van der Waals surface area contributed by atoms with Crippen molar-refractivity contribution in [1.29, 1.82) is 0 Å². The third-order valence-electron chi connectivity index (χ3n) is 7.02. The molecule has 1 aliphatic rings. The van der Waals surface area contributed by atoms with Gasteiger partial charge in [0.2, 0.25) is 5.43 Å². The molecule has 0 aliphatic carbocycles. The molecule has 1 aromatic heterocycles. The van der Waals surface area contributed by atoms with Gasteiger partial charge in [-0.05, 0) is 57.7 Å². The first-order valence-corrected chi connectivity index (χ1v) is 13.2. The average Bonchev–Trinajstić information content (AvgIpc) is 2.88. The Morgan fingerprint density at radius 2 is 1.87 bits per heavy atom. The van der Waals surface area contributed by atoms with Gasteiger partial charge < -0.3 is 38.5 Å². The highest BCUT2D eigenvalue weighted by atomic mass is 16.6. The predicted molar refractivity (Wildman–Crippen MR) is 142 cm³/mol. The Kier molecular flexibility index (Phi) is 11.3. The van der Waals surface area contributed by atoms with Gasteiger partial charge in [-0.3, -0.25) is 4.79 Å². The van der Waals surface area contributed by atoms with E-state index in [-0.39, 0.29) is 17.8 Å². The first-order chi connectivity index (χ1) is 18.2. The quantitative estimate of drug-likeness (QED) is 0.331. The third kappa shape index (κ3) is 7.62. The number of hydrogen-bond donors (Lipinski definition) is 2. The van der Waals surface area contributed by atoms with Crippen molar-refractivity contribution in [1.82, 2.24) is 4.57 Å². The molecule has 1 aromatic carbocycles. The number of pyridine rings is 1. The van der Waals surface area contributed by atoms with Crippen LogP contribution < -0.4 is 5.43 Å². The number of aliphatic hydroxyl groups excluding tert-OH is 1. The summed E-state index contributed by atoms with van der Waals surface area (Å²) < 4.78 is 30.2. The molecule has 0 amide bonds. The van der Waals surface area contributed by atoms with Crippen molar-refractivity contribution in [2.24, 2.45) is 0 Å². The van der Waals surface area contributed by atoms with E-state index in [2.05, 4.69) is 0 Å². The van der Waals surface area contributed by atoms with E-state index < -0.39 is 23.3 Å². The molecule has 10 nitrogen and oxygen atoms in total. The van der Waals surface area contributed by atoms with E-state index in [1.54, 1.807) is 17.7 Å². The number of aromatic carboxylic acids is 1. The van der Waals surface area contributed by atoms with Crippen LogP contribution in [-0.2, 0) is 36.6 Å². The fraction of sp³-hybridized carbons (Fsp3) is 0.643. The van der Waals surface area contributed by atoms with Crippen molar-refractivity contribution in [3.63, 3.8) is 0 Å². The van der Waals surface area contributed by atoms with Crippen molar-refractivity contribution in [2.75, 3.05) is 40.1 Å². The first kappa shape index (κ1) is 30.2. The maximum atomic E-state index is 12.6. The minimum Gasteiger partial charge on any atom is -0.477 e. The Morgan fingerprint density at radius 3 is 2.53 bits per heavy atom. The van der Waals surface area contributed by atoms with Crippen LogP contribution in [0.1, 0.15) is 56.0 Å². The number of aliphatic hydroxyl groups is 1.